The third-order valence-electron chi connectivity index (χ3n) is 4.22. The molecule has 2 rings (SSSR count). The highest BCUT2D eigenvalue weighted by Gasteiger charge is 2.15. The van der Waals surface area contributed by atoms with Crippen molar-refractivity contribution in [3.05, 3.63) is 53.6 Å². The van der Waals surface area contributed by atoms with E-state index in [1.165, 1.54) is 17.7 Å². The van der Waals surface area contributed by atoms with E-state index in [4.69, 9.17) is 4.74 Å². The van der Waals surface area contributed by atoms with Crippen LogP contribution in [0.5, 0.6) is 5.75 Å². The molecule has 0 aliphatic carbocycles. The molecule has 2 N–H and O–H groups in total. The smallest absolute Gasteiger partial charge is 0.262 e. The number of aryl methyl sites for hydroxylation is 1. The van der Waals surface area contributed by atoms with Gasteiger partial charge in [-0.15, -0.1) is 0 Å². The number of nitrogens with one attached hydrogen (secondary N) is 2. The Labute approximate surface area is 167 Å². The summed E-state index contributed by atoms with van der Waals surface area (Å²) in [6.45, 7) is 8.09. The van der Waals surface area contributed by atoms with Gasteiger partial charge in [0.2, 0.25) is 10.0 Å². The van der Waals surface area contributed by atoms with E-state index in [2.05, 4.69) is 23.9 Å². The van der Waals surface area contributed by atoms with Crippen LogP contribution in [0.4, 0.5) is 5.69 Å². The van der Waals surface area contributed by atoms with Crippen molar-refractivity contribution in [2.24, 2.45) is 0 Å². The molecule has 0 radical (unpaired) electrons. The maximum atomic E-state index is 12.2. The van der Waals surface area contributed by atoms with E-state index in [9.17, 15) is 13.2 Å². The Hall–Kier alpha value is -2.38. The fraction of sp³-hybridized carbons (Fsp3) is 0.381. The zero-order valence-corrected chi connectivity index (χ0v) is 17.6. The van der Waals surface area contributed by atoms with Gasteiger partial charge in [0.25, 0.3) is 5.91 Å². The Morgan fingerprint density at radius 1 is 1.11 bits per heavy atom. The van der Waals surface area contributed by atoms with Gasteiger partial charge in [0.1, 0.15) is 5.75 Å². The summed E-state index contributed by atoms with van der Waals surface area (Å²) in [7, 11) is -3.53. The number of benzene rings is 2. The molecule has 2 aromatic rings. The van der Waals surface area contributed by atoms with Crippen molar-refractivity contribution in [1.29, 1.82) is 0 Å². The fourth-order valence-electron chi connectivity index (χ4n) is 2.56. The van der Waals surface area contributed by atoms with Crippen molar-refractivity contribution < 1.29 is 17.9 Å². The number of anilines is 1. The first-order chi connectivity index (χ1) is 13.2. The third-order valence-corrected chi connectivity index (χ3v) is 5.68. The molecule has 0 fully saturated rings. The molecule has 0 spiro atoms. The van der Waals surface area contributed by atoms with Gasteiger partial charge in [0.15, 0.2) is 6.61 Å². The normalized spacial score (nSPS) is 11.5. The molecule has 1 amide bonds. The molecule has 6 nitrogen and oxygen atoms in total. The summed E-state index contributed by atoms with van der Waals surface area (Å²) < 4.78 is 32.4. The number of ether oxygens (including phenoxy) is 1. The maximum Gasteiger partial charge on any atom is 0.262 e. The van der Waals surface area contributed by atoms with Crippen LogP contribution in [0.15, 0.2) is 47.4 Å². The minimum absolute atomic E-state index is 0.160. The van der Waals surface area contributed by atoms with Crippen LogP contribution in [0.1, 0.15) is 44.2 Å². The van der Waals surface area contributed by atoms with Gasteiger partial charge in [-0.3, -0.25) is 4.79 Å². The van der Waals surface area contributed by atoms with Crippen LogP contribution in [0.3, 0.4) is 0 Å². The van der Waals surface area contributed by atoms with E-state index >= 15 is 0 Å². The lowest BCUT2D eigenvalue weighted by molar-refractivity contribution is -0.118. The predicted molar refractivity (Wildman–Crippen MR) is 111 cm³/mol. The van der Waals surface area contributed by atoms with E-state index < -0.39 is 10.0 Å². The Bertz CT molecular complexity index is 907. The van der Waals surface area contributed by atoms with Gasteiger partial charge >= 0.3 is 0 Å². The summed E-state index contributed by atoms with van der Waals surface area (Å²) in [6.07, 6.45) is 0.717. The van der Waals surface area contributed by atoms with Crippen LogP contribution in [-0.2, 0) is 14.8 Å². The van der Waals surface area contributed by atoms with E-state index in [1.54, 1.807) is 13.0 Å². The quantitative estimate of drug-likeness (QED) is 0.665. The topological polar surface area (TPSA) is 84.5 Å². The molecule has 0 bridgehead atoms. The first-order valence-corrected chi connectivity index (χ1v) is 10.8. The Morgan fingerprint density at radius 3 is 2.36 bits per heavy atom. The van der Waals surface area contributed by atoms with Crippen molar-refractivity contribution in [1.82, 2.24) is 4.72 Å². The lowest BCUT2D eigenvalue weighted by Crippen LogP contribution is -2.24. The average molecular weight is 405 g/mol. The minimum Gasteiger partial charge on any atom is -0.483 e. The maximum absolute atomic E-state index is 12.2. The molecular formula is C21H28N2O4S. The summed E-state index contributed by atoms with van der Waals surface area (Å²) in [5, 5.41) is 2.79. The molecule has 0 aliphatic heterocycles. The summed E-state index contributed by atoms with van der Waals surface area (Å²) in [5.41, 5.74) is 2.56. The van der Waals surface area contributed by atoms with E-state index in [0.717, 1.165) is 0 Å². The third kappa shape index (κ3) is 6.07. The second kappa shape index (κ2) is 9.71. The Kier molecular flexibility index (Phi) is 7.60. The second-order valence-corrected chi connectivity index (χ2v) is 8.71. The zero-order chi connectivity index (χ0) is 20.7. The molecule has 0 saturated heterocycles. The molecule has 0 saturated carbocycles. The van der Waals surface area contributed by atoms with Gasteiger partial charge in [-0.05, 0) is 60.7 Å². The molecule has 0 atom stereocenters. The number of amides is 1. The summed E-state index contributed by atoms with van der Waals surface area (Å²) in [6, 6.07) is 12.3. The number of carbonyl (C=O) groups excluding carboxylic acids is 1. The molecule has 0 unspecified atom stereocenters. The number of carbonyl (C=O) groups is 1. The van der Waals surface area contributed by atoms with Gasteiger partial charge in [-0.2, -0.15) is 0 Å². The minimum atomic E-state index is -3.53. The van der Waals surface area contributed by atoms with Crippen molar-refractivity contribution in [2.45, 2.75) is 44.9 Å². The van der Waals surface area contributed by atoms with Crippen LogP contribution in [-0.4, -0.2) is 27.5 Å². The van der Waals surface area contributed by atoms with Crippen molar-refractivity contribution in [3.63, 3.8) is 0 Å². The molecule has 0 heterocycles. The number of rotatable bonds is 9. The Morgan fingerprint density at radius 2 is 1.79 bits per heavy atom. The van der Waals surface area contributed by atoms with Crippen molar-refractivity contribution in [3.8, 4) is 5.75 Å². The highest BCUT2D eigenvalue weighted by molar-refractivity contribution is 7.89. The van der Waals surface area contributed by atoms with Gasteiger partial charge < -0.3 is 10.1 Å². The lowest BCUT2D eigenvalue weighted by atomic mass is 10.0. The lowest BCUT2D eigenvalue weighted by Gasteiger charge is -2.12. The Balaban J connectivity index is 1.95. The van der Waals surface area contributed by atoms with Gasteiger partial charge in [-0.25, -0.2) is 13.1 Å². The number of hydrogen-bond acceptors (Lipinski definition) is 4. The molecule has 152 valence electrons. The van der Waals surface area contributed by atoms with Crippen molar-refractivity contribution in [2.75, 3.05) is 18.5 Å². The fourth-order valence-corrected chi connectivity index (χ4v) is 3.78. The molecule has 0 aliphatic rings. The van der Waals surface area contributed by atoms with Crippen LogP contribution in [0.25, 0.3) is 0 Å². The highest BCUT2D eigenvalue weighted by atomic mass is 32.2. The summed E-state index contributed by atoms with van der Waals surface area (Å²) in [4.78, 5) is 12.3. The van der Waals surface area contributed by atoms with Crippen LogP contribution < -0.4 is 14.8 Å². The standard InChI is InChI=1S/C21H28N2O4S/c1-5-12-22-28(25,26)19-10-11-20(16(4)13-19)27-14-21(24)23-18-8-6-17(7-9-18)15(2)3/h6-11,13,15,22H,5,12,14H2,1-4H3,(H,23,24). The average Bonchev–Trinajstić information content (AvgIpc) is 2.65. The second-order valence-electron chi connectivity index (χ2n) is 6.94. The van der Waals surface area contributed by atoms with Crippen molar-refractivity contribution >= 4 is 21.6 Å². The van der Waals surface area contributed by atoms with Gasteiger partial charge in [0, 0.05) is 12.2 Å². The highest BCUT2D eigenvalue weighted by Crippen LogP contribution is 2.22. The van der Waals surface area contributed by atoms with Gasteiger partial charge in [-0.1, -0.05) is 32.9 Å². The largest absolute Gasteiger partial charge is 0.483 e. The monoisotopic (exact) mass is 404 g/mol. The molecule has 0 aromatic heterocycles. The summed E-state index contributed by atoms with van der Waals surface area (Å²) in [5.74, 6) is 0.623. The van der Waals surface area contributed by atoms with Crippen LogP contribution in [0, 0.1) is 6.92 Å². The SMILES string of the molecule is CCCNS(=O)(=O)c1ccc(OCC(=O)Nc2ccc(C(C)C)cc2)c(C)c1. The van der Waals surface area contributed by atoms with E-state index in [-0.39, 0.29) is 17.4 Å². The van der Waals surface area contributed by atoms with E-state index in [0.29, 0.717) is 35.9 Å². The number of hydrogen-bond donors (Lipinski definition) is 2. The van der Waals surface area contributed by atoms with Crippen LogP contribution in [0.2, 0.25) is 0 Å². The molecule has 28 heavy (non-hydrogen) atoms. The first kappa shape index (κ1) is 21.9. The van der Waals surface area contributed by atoms with Gasteiger partial charge in [0.05, 0.1) is 4.90 Å². The number of sulfonamides is 1. The zero-order valence-electron chi connectivity index (χ0n) is 16.8. The van der Waals surface area contributed by atoms with E-state index in [1.807, 2.05) is 31.2 Å². The predicted octanol–water partition coefficient (Wildman–Crippen LogP) is 3.82. The van der Waals surface area contributed by atoms with Crippen LogP contribution >= 0.6 is 0 Å². The first-order valence-electron chi connectivity index (χ1n) is 9.36. The molecular weight excluding hydrogens is 376 g/mol. The summed E-state index contributed by atoms with van der Waals surface area (Å²) >= 11 is 0. The molecule has 2 aromatic carbocycles. The molecule has 7 heteroatoms.